The summed E-state index contributed by atoms with van der Waals surface area (Å²) >= 11 is 0. The van der Waals surface area contributed by atoms with E-state index in [1.54, 1.807) is 12.1 Å². The first kappa shape index (κ1) is 20.6. The number of nitrogens with zero attached hydrogens (tertiary/aromatic N) is 3. The Morgan fingerprint density at radius 2 is 0.939 bits per heavy atom. The minimum Gasteiger partial charge on any atom is -0.537 e. The van der Waals surface area contributed by atoms with Crippen molar-refractivity contribution in [3.05, 3.63) is 109 Å². The van der Waals surface area contributed by atoms with Crippen molar-refractivity contribution in [2.24, 2.45) is 0 Å². The van der Waals surface area contributed by atoms with Gasteiger partial charge in [0.1, 0.15) is 5.75 Å². The van der Waals surface area contributed by atoms with Gasteiger partial charge < -0.3 is 9.68 Å². The fourth-order valence-electron chi connectivity index (χ4n) is 3.56. The molecule has 0 aliphatic carbocycles. The number of benzene rings is 4. The minimum atomic E-state index is 0.491. The standard InChI is InChI=1S/C27H19BN3O2/c32-28-33-24-13-7-12-23(18-24)27-30-25(21-10-5-2-6-11-21)29-26(31-27)22-16-14-20(15-17-22)19-8-3-1-4-9-19/h1-18,32H. The summed E-state index contributed by atoms with van der Waals surface area (Å²) in [5.74, 6) is 2.18. The van der Waals surface area contributed by atoms with Crippen LogP contribution in [-0.4, -0.2) is 27.7 Å². The van der Waals surface area contributed by atoms with Gasteiger partial charge >= 0.3 is 7.69 Å². The summed E-state index contributed by atoms with van der Waals surface area (Å²) in [6.45, 7) is 0. The summed E-state index contributed by atoms with van der Waals surface area (Å²) in [7, 11) is 0.654. The van der Waals surface area contributed by atoms with E-state index < -0.39 is 0 Å². The van der Waals surface area contributed by atoms with E-state index in [-0.39, 0.29) is 0 Å². The van der Waals surface area contributed by atoms with Gasteiger partial charge in [-0.1, -0.05) is 97.1 Å². The molecule has 5 aromatic rings. The SMILES string of the molecule is O[B]Oc1cccc(-c2nc(-c3ccccc3)nc(-c3ccc(-c4ccccc4)cc3)n2)c1. The average Bonchev–Trinajstić information content (AvgIpc) is 2.90. The normalized spacial score (nSPS) is 10.6. The van der Waals surface area contributed by atoms with Crippen molar-refractivity contribution >= 4 is 7.69 Å². The molecule has 0 saturated heterocycles. The van der Waals surface area contributed by atoms with Crippen LogP contribution in [0, 0.1) is 0 Å². The highest BCUT2D eigenvalue weighted by Crippen LogP contribution is 2.28. The first-order chi connectivity index (χ1) is 16.3. The van der Waals surface area contributed by atoms with Crippen molar-refractivity contribution in [1.29, 1.82) is 0 Å². The van der Waals surface area contributed by atoms with Gasteiger partial charge in [0.2, 0.25) is 0 Å². The van der Waals surface area contributed by atoms with Crippen LogP contribution in [-0.2, 0) is 0 Å². The smallest absolute Gasteiger partial charge is 0.537 e. The second-order valence-corrected chi connectivity index (χ2v) is 7.37. The molecule has 1 N–H and O–H groups in total. The van der Waals surface area contributed by atoms with E-state index in [4.69, 9.17) is 24.6 Å². The molecule has 5 nitrogen and oxygen atoms in total. The second kappa shape index (κ2) is 9.46. The van der Waals surface area contributed by atoms with Crippen LogP contribution in [0.5, 0.6) is 5.75 Å². The van der Waals surface area contributed by atoms with E-state index in [2.05, 4.69) is 24.3 Å². The molecule has 157 valence electrons. The van der Waals surface area contributed by atoms with E-state index >= 15 is 0 Å². The molecule has 0 fully saturated rings. The van der Waals surface area contributed by atoms with Gasteiger partial charge in [0.25, 0.3) is 0 Å². The molecule has 0 aliphatic rings. The van der Waals surface area contributed by atoms with Crippen LogP contribution in [0.4, 0.5) is 0 Å². The predicted molar refractivity (Wildman–Crippen MR) is 130 cm³/mol. The van der Waals surface area contributed by atoms with Gasteiger partial charge in [0.05, 0.1) is 0 Å². The number of hydrogen-bond donors (Lipinski definition) is 1. The monoisotopic (exact) mass is 428 g/mol. The molecule has 4 aromatic carbocycles. The molecule has 0 unspecified atom stereocenters. The second-order valence-electron chi connectivity index (χ2n) is 7.37. The highest BCUT2D eigenvalue weighted by atomic mass is 16.5. The third-order valence-corrected chi connectivity index (χ3v) is 5.20. The Morgan fingerprint density at radius 1 is 0.485 bits per heavy atom. The molecule has 0 atom stereocenters. The van der Waals surface area contributed by atoms with E-state index in [1.807, 2.05) is 72.8 Å². The Morgan fingerprint density at radius 3 is 1.55 bits per heavy atom. The minimum absolute atomic E-state index is 0.491. The van der Waals surface area contributed by atoms with Crippen molar-refractivity contribution in [2.75, 3.05) is 0 Å². The van der Waals surface area contributed by atoms with Crippen molar-refractivity contribution in [3.8, 4) is 51.0 Å². The van der Waals surface area contributed by atoms with Gasteiger partial charge in [-0.2, -0.15) is 0 Å². The molecule has 1 radical (unpaired) electrons. The third-order valence-electron chi connectivity index (χ3n) is 5.20. The van der Waals surface area contributed by atoms with Crippen molar-refractivity contribution in [2.45, 2.75) is 0 Å². The molecule has 6 heteroatoms. The summed E-state index contributed by atoms with van der Waals surface area (Å²) in [6, 6.07) is 35.5. The van der Waals surface area contributed by atoms with Crippen molar-refractivity contribution in [3.63, 3.8) is 0 Å². The van der Waals surface area contributed by atoms with E-state index in [0.717, 1.165) is 27.8 Å². The van der Waals surface area contributed by atoms with Crippen LogP contribution in [0.25, 0.3) is 45.3 Å². The Hall–Kier alpha value is -4.29. The van der Waals surface area contributed by atoms with E-state index in [1.165, 1.54) is 0 Å². The molecule has 5 rings (SSSR count). The Balaban J connectivity index is 1.60. The average molecular weight is 428 g/mol. The lowest BCUT2D eigenvalue weighted by atomic mass is 10.0. The highest BCUT2D eigenvalue weighted by molar-refractivity contribution is 6.17. The van der Waals surface area contributed by atoms with Crippen LogP contribution in [0.1, 0.15) is 0 Å². The van der Waals surface area contributed by atoms with E-state index in [9.17, 15) is 0 Å². The lowest BCUT2D eigenvalue weighted by Gasteiger charge is -2.10. The molecule has 33 heavy (non-hydrogen) atoms. The molecule has 0 spiro atoms. The van der Waals surface area contributed by atoms with Crippen molar-refractivity contribution < 1.29 is 9.68 Å². The summed E-state index contributed by atoms with van der Waals surface area (Å²) in [5.41, 5.74) is 4.84. The number of aromatic nitrogens is 3. The van der Waals surface area contributed by atoms with Gasteiger partial charge in [-0.15, -0.1) is 0 Å². The molecule has 0 amide bonds. The molecular weight excluding hydrogens is 409 g/mol. The lowest BCUT2D eigenvalue weighted by Crippen LogP contribution is -2.02. The zero-order valence-corrected chi connectivity index (χ0v) is 17.7. The van der Waals surface area contributed by atoms with Crippen molar-refractivity contribution in [1.82, 2.24) is 15.0 Å². The first-order valence-corrected chi connectivity index (χ1v) is 10.5. The summed E-state index contributed by atoms with van der Waals surface area (Å²) in [4.78, 5) is 14.2. The molecule has 0 aliphatic heterocycles. The maximum Gasteiger partial charge on any atom is 0.569 e. The van der Waals surface area contributed by atoms with Gasteiger partial charge in [-0.25, -0.2) is 15.0 Å². The quantitative estimate of drug-likeness (QED) is 0.365. The fraction of sp³-hybridized carbons (Fsp3) is 0. The zero-order chi connectivity index (χ0) is 22.5. The first-order valence-electron chi connectivity index (χ1n) is 10.5. The van der Waals surface area contributed by atoms with E-state index in [0.29, 0.717) is 30.9 Å². The topological polar surface area (TPSA) is 68.1 Å². The van der Waals surface area contributed by atoms with Gasteiger partial charge in [0, 0.05) is 16.7 Å². The molecule has 1 heterocycles. The molecule has 1 aromatic heterocycles. The zero-order valence-electron chi connectivity index (χ0n) is 17.7. The Labute approximate surface area is 192 Å². The largest absolute Gasteiger partial charge is 0.569 e. The summed E-state index contributed by atoms with van der Waals surface area (Å²) in [5, 5.41) is 8.98. The van der Waals surface area contributed by atoms with Gasteiger partial charge in [-0.3, -0.25) is 0 Å². The van der Waals surface area contributed by atoms with Crippen LogP contribution in [0.3, 0.4) is 0 Å². The lowest BCUT2D eigenvalue weighted by molar-refractivity contribution is 0.454. The maximum atomic E-state index is 8.98. The van der Waals surface area contributed by atoms with Gasteiger partial charge in [-0.05, 0) is 23.3 Å². The Bertz CT molecular complexity index is 1360. The predicted octanol–water partition coefficient (Wildman–Crippen LogP) is 5.44. The van der Waals surface area contributed by atoms with Crippen LogP contribution in [0.15, 0.2) is 109 Å². The molecular formula is C27H19BN3O2. The third kappa shape index (κ3) is 4.66. The summed E-state index contributed by atoms with van der Waals surface area (Å²) in [6.07, 6.45) is 0. The highest BCUT2D eigenvalue weighted by Gasteiger charge is 2.13. The molecule has 0 saturated carbocycles. The van der Waals surface area contributed by atoms with Crippen LogP contribution < -0.4 is 4.65 Å². The van der Waals surface area contributed by atoms with Gasteiger partial charge in [0.15, 0.2) is 17.5 Å². The fourth-order valence-corrected chi connectivity index (χ4v) is 3.56. The Kier molecular flexibility index (Phi) is 5.91. The molecule has 0 bridgehead atoms. The summed E-state index contributed by atoms with van der Waals surface area (Å²) < 4.78 is 5.11. The maximum absolute atomic E-state index is 8.98. The number of rotatable bonds is 6. The number of hydrogen-bond acceptors (Lipinski definition) is 5. The van der Waals surface area contributed by atoms with Crippen LogP contribution in [0.2, 0.25) is 0 Å². The van der Waals surface area contributed by atoms with Crippen LogP contribution >= 0.6 is 0 Å².